The summed E-state index contributed by atoms with van der Waals surface area (Å²) in [4.78, 5) is 21.6. The highest BCUT2D eigenvalue weighted by Gasteiger charge is 2.35. The van der Waals surface area contributed by atoms with Gasteiger partial charge in [0, 0.05) is 37.9 Å². The Kier molecular flexibility index (Phi) is 8.65. The zero-order valence-electron chi connectivity index (χ0n) is 21.8. The number of para-hydroxylation sites is 1. The fraction of sp³-hybridized carbons (Fsp3) is 0.357. The van der Waals surface area contributed by atoms with Gasteiger partial charge >= 0.3 is 0 Å². The average molecular weight is 539 g/mol. The van der Waals surface area contributed by atoms with E-state index in [-0.39, 0.29) is 46.4 Å². The van der Waals surface area contributed by atoms with Gasteiger partial charge in [0.1, 0.15) is 6.10 Å². The van der Waals surface area contributed by atoms with Crippen molar-refractivity contribution in [2.24, 2.45) is 5.92 Å². The maximum Gasteiger partial charge on any atom is 0.262 e. The van der Waals surface area contributed by atoms with Crippen molar-refractivity contribution in [3.8, 4) is 5.75 Å². The van der Waals surface area contributed by atoms with E-state index >= 15 is 0 Å². The number of carbonyl (C=O) groups excluding carboxylic acids is 1. The number of sulfonamides is 1. The topological polar surface area (TPSA) is 112 Å². The first kappa shape index (κ1) is 27.6. The number of nitrogens with zero attached hydrogens (tertiary/aromatic N) is 3. The molecule has 2 N–H and O–H groups in total. The van der Waals surface area contributed by atoms with Gasteiger partial charge in [-0.1, -0.05) is 31.2 Å². The van der Waals surface area contributed by atoms with Crippen molar-refractivity contribution in [2.75, 3.05) is 31.5 Å². The van der Waals surface area contributed by atoms with Gasteiger partial charge in [-0.3, -0.25) is 19.4 Å². The Labute approximate surface area is 224 Å². The lowest BCUT2D eigenvalue weighted by Gasteiger charge is -2.38. The zero-order chi connectivity index (χ0) is 27.3. The highest BCUT2D eigenvalue weighted by Crippen LogP contribution is 2.36. The van der Waals surface area contributed by atoms with Gasteiger partial charge in [0.2, 0.25) is 0 Å². The van der Waals surface area contributed by atoms with Crippen LogP contribution in [0.4, 0.5) is 5.69 Å². The van der Waals surface area contributed by atoms with E-state index in [4.69, 9.17) is 4.74 Å². The number of fused-ring (bicyclic) bond motifs is 1. The molecule has 0 aliphatic carbocycles. The Hall–Kier alpha value is -3.47. The van der Waals surface area contributed by atoms with Gasteiger partial charge < -0.3 is 14.7 Å². The summed E-state index contributed by atoms with van der Waals surface area (Å²) >= 11 is 0. The van der Waals surface area contributed by atoms with Gasteiger partial charge in [-0.2, -0.15) is 0 Å². The third kappa shape index (κ3) is 6.32. The standard InChI is InChI=1S/C28H34N4O5S/c1-20-16-32(21(2)19-33)28(34)24-10-7-11-25(30-38(35,36)23-8-5-4-6-9-23)27(24)37-26(20)18-31(3)17-22-12-14-29-15-13-22/h4-15,20-21,26,30,33H,16-19H2,1-3H3/t20-,21+,26+/m0/s1. The molecule has 0 radical (unpaired) electrons. The van der Waals surface area contributed by atoms with Gasteiger partial charge in [0.25, 0.3) is 15.9 Å². The smallest absolute Gasteiger partial charge is 0.262 e. The molecule has 202 valence electrons. The maximum atomic E-state index is 13.6. The Morgan fingerprint density at radius 1 is 1.13 bits per heavy atom. The number of benzene rings is 2. The molecule has 9 nitrogen and oxygen atoms in total. The third-order valence-corrected chi connectivity index (χ3v) is 8.06. The molecule has 1 aromatic heterocycles. The summed E-state index contributed by atoms with van der Waals surface area (Å²) in [5.74, 6) is -0.251. The van der Waals surface area contributed by atoms with Crippen LogP contribution in [0.15, 0.2) is 78.0 Å². The molecule has 0 saturated heterocycles. The number of hydrogen-bond acceptors (Lipinski definition) is 7. The van der Waals surface area contributed by atoms with Crippen LogP contribution in [-0.2, 0) is 16.6 Å². The van der Waals surface area contributed by atoms with Gasteiger partial charge in [0.05, 0.1) is 28.8 Å². The Bertz CT molecular complexity index is 1340. The lowest BCUT2D eigenvalue weighted by molar-refractivity contribution is 0.0344. The van der Waals surface area contributed by atoms with E-state index < -0.39 is 16.1 Å². The molecule has 1 aliphatic heterocycles. The second kappa shape index (κ2) is 11.9. The summed E-state index contributed by atoms with van der Waals surface area (Å²) in [7, 11) is -1.94. The van der Waals surface area contributed by atoms with E-state index in [2.05, 4.69) is 14.6 Å². The molecular weight excluding hydrogens is 504 g/mol. The predicted octanol–water partition coefficient (Wildman–Crippen LogP) is 3.23. The van der Waals surface area contributed by atoms with E-state index in [1.54, 1.807) is 60.6 Å². The zero-order valence-corrected chi connectivity index (χ0v) is 22.6. The summed E-state index contributed by atoms with van der Waals surface area (Å²) in [6.45, 7) is 5.17. The Morgan fingerprint density at radius 3 is 2.53 bits per heavy atom. The molecule has 0 saturated carbocycles. The Balaban J connectivity index is 1.71. The number of hydrogen-bond donors (Lipinski definition) is 2. The number of aliphatic hydroxyl groups is 1. The number of amides is 1. The largest absolute Gasteiger partial charge is 0.486 e. The van der Waals surface area contributed by atoms with Gasteiger partial charge in [-0.05, 0) is 55.9 Å². The van der Waals surface area contributed by atoms with Crippen LogP contribution in [0, 0.1) is 5.92 Å². The van der Waals surface area contributed by atoms with Crippen LogP contribution in [0.1, 0.15) is 29.8 Å². The van der Waals surface area contributed by atoms with Crippen molar-refractivity contribution in [3.05, 3.63) is 84.2 Å². The first-order chi connectivity index (χ1) is 18.2. The lowest BCUT2D eigenvalue weighted by Crippen LogP contribution is -2.49. The number of ether oxygens (including phenoxy) is 1. The van der Waals surface area contributed by atoms with Gasteiger partial charge in [-0.25, -0.2) is 8.42 Å². The number of rotatable bonds is 9. The number of likely N-dealkylation sites (N-methyl/N-ethyl adjacent to an activating group) is 1. The molecule has 3 aromatic rings. The second-order valence-electron chi connectivity index (χ2n) is 9.78. The molecule has 0 fully saturated rings. The SMILES string of the molecule is C[C@H](CO)N1C[C@H](C)[C@@H](CN(C)Cc2ccncc2)Oc2c(NS(=O)(=O)c3ccccc3)cccc2C1=O. The second-order valence-corrected chi connectivity index (χ2v) is 11.5. The van der Waals surface area contributed by atoms with Crippen molar-refractivity contribution in [3.63, 3.8) is 0 Å². The lowest BCUT2D eigenvalue weighted by atomic mass is 9.99. The van der Waals surface area contributed by atoms with E-state index in [1.807, 2.05) is 26.1 Å². The minimum atomic E-state index is -3.93. The molecule has 0 unspecified atom stereocenters. The van der Waals surface area contributed by atoms with Crippen molar-refractivity contribution < 1.29 is 23.1 Å². The fourth-order valence-electron chi connectivity index (χ4n) is 4.52. The molecule has 0 bridgehead atoms. The van der Waals surface area contributed by atoms with Crippen LogP contribution in [0.2, 0.25) is 0 Å². The molecule has 10 heteroatoms. The first-order valence-electron chi connectivity index (χ1n) is 12.6. The van der Waals surface area contributed by atoms with Crippen LogP contribution >= 0.6 is 0 Å². The molecule has 38 heavy (non-hydrogen) atoms. The molecule has 1 aliphatic rings. The van der Waals surface area contributed by atoms with Gasteiger partial charge in [-0.15, -0.1) is 0 Å². The van der Waals surface area contributed by atoms with Gasteiger partial charge in [0.15, 0.2) is 5.75 Å². The molecule has 1 amide bonds. The monoisotopic (exact) mass is 538 g/mol. The molecule has 4 rings (SSSR count). The van der Waals surface area contributed by atoms with Crippen LogP contribution < -0.4 is 9.46 Å². The van der Waals surface area contributed by atoms with E-state index in [0.29, 0.717) is 19.6 Å². The molecule has 2 heterocycles. The van der Waals surface area contributed by atoms with Crippen LogP contribution in [0.5, 0.6) is 5.75 Å². The normalized spacial score (nSPS) is 18.8. The quantitative estimate of drug-likeness (QED) is 0.430. The summed E-state index contributed by atoms with van der Waals surface area (Å²) in [5, 5.41) is 9.88. The van der Waals surface area contributed by atoms with Crippen molar-refractivity contribution in [1.82, 2.24) is 14.8 Å². The number of aromatic nitrogens is 1. The fourth-order valence-corrected chi connectivity index (χ4v) is 5.60. The molecule has 2 aromatic carbocycles. The highest BCUT2D eigenvalue weighted by molar-refractivity contribution is 7.92. The average Bonchev–Trinajstić information content (AvgIpc) is 2.91. The molecule has 3 atom stereocenters. The van der Waals surface area contributed by atoms with Crippen LogP contribution in [-0.4, -0.2) is 73.1 Å². The molecule has 0 spiro atoms. The summed E-state index contributed by atoms with van der Waals surface area (Å²) in [6, 6.07) is 16.4. The van der Waals surface area contributed by atoms with Crippen molar-refractivity contribution >= 4 is 21.6 Å². The van der Waals surface area contributed by atoms with Crippen molar-refractivity contribution in [1.29, 1.82) is 0 Å². The minimum absolute atomic E-state index is 0.104. The number of aliphatic hydroxyl groups excluding tert-OH is 1. The van der Waals surface area contributed by atoms with E-state index in [0.717, 1.165) is 5.56 Å². The van der Waals surface area contributed by atoms with Crippen LogP contribution in [0.3, 0.4) is 0 Å². The first-order valence-corrected chi connectivity index (χ1v) is 14.0. The molecular formula is C28H34N4O5S. The minimum Gasteiger partial charge on any atom is -0.486 e. The Morgan fingerprint density at radius 2 is 1.84 bits per heavy atom. The number of anilines is 1. The maximum absolute atomic E-state index is 13.6. The summed E-state index contributed by atoms with van der Waals surface area (Å²) in [5.41, 5.74) is 1.53. The predicted molar refractivity (Wildman–Crippen MR) is 145 cm³/mol. The van der Waals surface area contributed by atoms with E-state index in [1.165, 1.54) is 12.1 Å². The number of nitrogens with one attached hydrogen (secondary N) is 1. The summed E-state index contributed by atoms with van der Waals surface area (Å²) < 4.78 is 35.5. The summed E-state index contributed by atoms with van der Waals surface area (Å²) in [6.07, 6.45) is 3.13. The number of carbonyl (C=O) groups is 1. The van der Waals surface area contributed by atoms with E-state index in [9.17, 15) is 18.3 Å². The highest BCUT2D eigenvalue weighted by atomic mass is 32.2. The number of pyridine rings is 1. The third-order valence-electron chi connectivity index (χ3n) is 6.68. The van der Waals surface area contributed by atoms with Crippen molar-refractivity contribution in [2.45, 2.75) is 37.4 Å². The van der Waals surface area contributed by atoms with Crippen LogP contribution in [0.25, 0.3) is 0 Å².